The molecule has 1 atom stereocenters. The minimum Gasteiger partial charge on any atom is -0.462 e. The number of carbonyl (C=O) groups is 2. The van der Waals surface area contributed by atoms with Crippen molar-refractivity contribution in [3.8, 4) is 0 Å². The number of carbonyl (C=O) groups excluding carboxylic acids is 2. The fourth-order valence-corrected chi connectivity index (χ4v) is 5.27. The van der Waals surface area contributed by atoms with Gasteiger partial charge in [0.1, 0.15) is 5.00 Å². The third-order valence-corrected chi connectivity index (χ3v) is 7.50. The summed E-state index contributed by atoms with van der Waals surface area (Å²) in [5.74, 6) is -0.325. The van der Waals surface area contributed by atoms with Crippen molar-refractivity contribution in [1.29, 1.82) is 0 Å². The van der Waals surface area contributed by atoms with Crippen molar-refractivity contribution in [2.24, 2.45) is 11.3 Å². The van der Waals surface area contributed by atoms with Gasteiger partial charge in [-0.3, -0.25) is 14.9 Å². The molecule has 1 aliphatic rings. The van der Waals surface area contributed by atoms with Crippen LogP contribution in [-0.4, -0.2) is 23.4 Å². The van der Waals surface area contributed by atoms with Gasteiger partial charge in [0.05, 0.1) is 17.1 Å². The van der Waals surface area contributed by atoms with Crippen LogP contribution in [0.1, 0.15) is 71.7 Å². The number of hydrogen-bond acceptors (Lipinski definition) is 6. The van der Waals surface area contributed by atoms with Gasteiger partial charge in [-0.25, -0.2) is 4.79 Å². The molecule has 1 N–H and O–H groups in total. The molecule has 8 heteroatoms. The van der Waals surface area contributed by atoms with E-state index in [4.69, 9.17) is 4.74 Å². The first kappa shape index (κ1) is 22.9. The Kier molecular flexibility index (Phi) is 6.79. The monoisotopic (exact) mass is 444 g/mol. The maximum absolute atomic E-state index is 12.8. The summed E-state index contributed by atoms with van der Waals surface area (Å²) in [7, 11) is 0. The van der Waals surface area contributed by atoms with Crippen molar-refractivity contribution in [2.45, 2.75) is 53.4 Å². The molecule has 7 nitrogen and oxygen atoms in total. The van der Waals surface area contributed by atoms with Crippen LogP contribution < -0.4 is 5.32 Å². The number of nitrogens with zero attached hydrogens (tertiary/aromatic N) is 1. The zero-order valence-electron chi connectivity index (χ0n) is 18.3. The molecule has 1 unspecified atom stereocenters. The fourth-order valence-electron chi connectivity index (χ4n) is 3.96. The van der Waals surface area contributed by atoms with E-state index in [1.54, 1.807) is 6.92 Å². The van der Waals surface area contributed by atoms with E-state index >= 15 is 0 Å². The minimum atomic E-state index is -0.512. The zero-order valence-corrected chi connectivity index (χ0v) is 19.1. The van der Waals surface area contributed by atoms with Crippen molar-refractivity contribution in [2.75, 3.05) is 11.9 Å². The number of hydrogen-bond donors (Lipinski definition) is 1. The first-order valence-electron chi connectivity index (χ1n) is 10.5. The molecular weight excluding hydrogens is 416 g/mol. The molecule has 0 aliphatic heterocycles. The van der Waals surface area contributed by atoms with E-state index in [0.29, 0.717) is 16.5 Å². The van der Waals surface area contributed by atoms with Crippen molar-refractivity contribution >= 4 is 33.9 Å². The fraction of sp³-hybridized carbons (Fsp3) is 0.478. The highest BCUT2D eigenvalue weighted by Crippen LogP contribution is 2.45. The molecule has 0 fully saturated rings. The number of nitro benzene ring substituents is 1. The van der Waals surface area contributed by atoms with Gasteiger partial charge in [-0.15, -0.1) is 11.3 Å². The van der Waals surface area contributed by atoms with Gasteiger partial charge in [0.15, 0.2) is 0 Å². The van der Waals surface area contributed by atoms with Crippen LogP contribution in [0.4, 0.5) is 10.7 Å². The van der Waals surface area contributed by atoms with Crippen LogP contribution in [0.5, 0.6) is 0 Å². The predicted molar refractivity (Wildman–Crippen MR) is 121 cm³/mol. The van der Waals surface area contributed by atoms with E-state index < -0.39 is 16.8 Å². The highest BCUT2D eigenvalue weighted by Gasteiger charge is 2.35. The average molecular weight is 445 g/mol. The largest absolute Gasteiger partial charge is 0.462 e. The van der Waals surface area contributed by atoms with Crippen LogP contribution in [0, 0.1) is 21.4 Å². The second-order valence-corrected chi connectivity index (χ2v) is 9.57. The molecule has 3 rings (SSSR count). The molecule has 31 heavy (non-hydrogen) atoms. The van der Waals surface area contributed by atoms with Gasteiger partial charge in [0, 0.05) is 22.6 Å². The highest BCUT2D eigenvalue weighted by atomic mass is 32.1. The molecule has 0 saturated heterocycles. The molecule has 0 radical (unpaired) electrons. The third kappa shape index (κ3) is 4.79. The van der Waals surface area contributed by atoms with Crippen molar-refractivity contribution < 1.29 is 19.2 Å². The van der Waals surface area contributed by atoms with E-state index in [1.165, 1.54) is 35.6 Å². The molecule has 1 amide bonds. The molecular formula is C23H28N2O5S. The number of amides is 1. The standard InChI is InChI=1S/C23H28N2O5S/c1-5-23(3,4)15-9-12-17-18(13-15)31-21(19(17)22(27)30-6-2)24-20(26)14-7-10-16(11-8-14)25(28)29/h7-8,10-11,15H,5-6,9,12-13H2,1-4H3,(H,24,26). The van der Waals surface area contributed by atoms with Crippen LogP contribution >= 0.6 is 11.3 Å². The number of nitro groups is 1. The van der Waals surface area contributed by atoms with Crippen LogP contribution in [0.15, 0.2) is 24.3 Å². The number of fused-ring (bicyclic) bond motifs is 1. The normalized spacial score (nSPS) is 15.8. The third-order valence-electron chi connectivity index (χ3n) is 6.33. The highest BCUT2D eigenvalue weighted by molar-refractivity contribution is 7.17. The molecule has 1 heterocycles. The van der Waals surface area contributed by atoms with Crippen LogP contribution in [-0.2, 0) is 17.6 Å². The predicted octanol–water partition coefficient (Wildman–Crippen LogP) is 5.63. The van der Waals surface area contributed by atoms with E-state index in [9.17, 15) is 19.7 Å². The lowest BCUT2D eigenvalue weighted by Crippen LogP contribution is -2.28. The van der Waals surface area contributed by atoms with Gasteiger partial charge in [-0.05, 0) is 55.2 Å². The lowest BCUT2D eigenvalue weighted by Gasteiger charge is -2.36. The lowest BCUT2D eigenvalue weighted by molar-refractivity contribution is -0.384. The molecule has 0 saturated carbocycles. The second-order valence-electron chi connectivity index (χ2n) is 8.47. The van der Waals surface area contributed by atoms with Gasteiger partial charge in [0.2, 0.25) is 0 Å². The Morgan fingerprint density at radius 2 is 1.94 bits per heavy atom. The van der Waals surface area contributed by atoms with E-state index in [-0.39, 0.29) is 23.3 Å². The van der Waals surface area contributed by atoms with E-state index in [0.717, 1.165) is 36.1 Å². The summed E-state index contributed by atoms with van der Waals surface area (Å²) >= 11 is 1.44. The Labute approximate surface area is 186 Å². The van der Waals surface area contributed by atoms with Crippen molar-refractivity contribution in [1.82, 2.24) is 0 Å². The number of rotatable bonds is 7. The zero-order chi connectivity index (χ0) is 22.8. The first-order valence-corrected chi connectivity index (χ1v) is 11.4. The molecule has 0 spiro atoms. The maximum atomic E-state index is 12.8. The van der Waals surface area contributed by atoms with Crippen molar-refractivity contribution in [3.05, 3.63) is 55.9 Å². The number of esters is 1. The summed E-state index contributed by atoms with van der Waals surface area (Å²) in [6, 6.07) is 5.39. The first-order chi connectivity index (χ1) is 14.7. The van der Waals surface area contributed by atoms with Crippen LogP contribution in [0.3, 0.4) is 0 Å². The molecule has 166 valence electrons. The minimum absolute atomic E-state index is 0.0834. The van der Waals surface area contributed by atoms with E-state index in [2.05, 4.69) is 26.1 Å². The number of anilines is 1. The quantitative estimate of drug-likeness (QED) is 0.339. The van der Waals surface area contributed by atoms with Gasteiger partial charge in [0.25, 0.3) is 11.6 Å². The molecule has 0 bridgehead atoms. The summed E-state index contributed by atoms with van der Waals surface area (Å²) in [4.78, 5) is 37.0. The van der Waals surface area contributed by atoms with Crippen LogP contribution in [0.25, 0.3) is 0 Å². The second kappa shape index (κ2) is 9.18. The number of non-ortho nitro benzene ring substituents is 1. The summed E-state index contributed by atoms with van der Waals surface area (Å²) in [6.45, 7) is 8.76. The Morgan fingerprint density at radius 3 is 2.52 bits per heavy atom. The van der Waals surface area contributed by atoms with Crippen LogP contribution in [0.2, 0.25) is 0 Å². The Hall–Kier alpha value is -2.74. The summed E-state index contributed by atoms with van der Waals surface area (Å²) in [5, 5.41) is 14.2. The maximum Gasteiger partial charge on any atom is 0.341 e. The average Bonchev–Trinajstić information content (AvgIpc) is 3.10. The summed E-state index contributed by atoms with van der Waals surface area (Å²) < 4.78 is 5.28. The number of nitrogens with one attached hydrogen (secondary N) is 1. The molecule has 1 aliphatic carbocycles. The SMILES string of the molecule is CCOC(=O)c1c(NC(=O)c2ccc([N+](=O)[O-])cc2)sc2c1CCC(C(C)(C)CC)C2. The van der Waals surface area contributed by atoms with E-state index in [1.807, 2.05) is 0 Å². The summed E-state index contributed by atoms with van der Waals surface area (Å²) in [6.07, 6.45) is 3.72. The number of thiophene rings is 1. The molecule has 1 aromatic heterocycles. The number of ether oxygens (including phenoxy) is 1. The lowest BCUT2D eigenvalue weighted by atomic mass is 9.69. The Balaban J connectivity index is 1.91. The van der Waals surface area contributed by atoms with Gasteiger partial charge in [-0.1, -0.05) is 27.2 Å². The van der Waals surface area contributed by atoms with Gasteiger partial charge < -0.3 is 10.1 Å². The number of benzene rings is 1. The molecule has 1 aromatic carbocycles. The Bertz CT molecular complexity index is 994. The smallest absolute Gasteiger partial charge is 0.341 e. The van der Waals surface area contributed by atoms with Gasteiger partial charge in [-0.2, -0.15) is 0 Å². The Morgan fingerprint density at radius 1 is 1.26 bits per heavy atom. The topological polar surface area (TPSA) is 98.5 Å². The van der Waals surface area contributed by atoms with Gasteiger partial charge >= 0.3 is 5.97 Å². The molecule has 2 aromatic rings. The van der Waals surface area contributed by atoms with Crippen molar-refractivity contribution in [3.63, 3.8) is 0 Å². The summed E-state index contributed by atoms with van der Waals surface area (Å²) in [5.41, 5.74) is 1.83.